The Hall–Kier alpha value is -2.55. The number of hydrogen-bond acceptors (Lipinski definition) is 6. The van der Waals surface area contributed by atoms with Crippen molar-refractivity contribution in [2.24, 2.45) is 0 Å². The zero-order chi connectivity index (χ0) is 25.5. The lowest BCUT2D eigenvalue weighted by atomic mass is 9.99. The highest BCUT2D eigenvalue weighted by Gasteiger charge is 2.35. The number of halogens is 1. The Morgan fingerprint density at radius 1 is 1.28 bits per heavy atom. The predicted molar refractivity (Wildman–Crippen MR) is 137 cm³/mol. The van der Waals surface area contributed by atoms with Gasteiger partial charge in [0.05, 0.1) is 18.8 Å². The molecule has 2 aromatic rings. The molecule has 2 aliphatic heterocycles. The second-order valence-electron chi connectivity index (χ2n) is 10.0. The fourth-order valence-electron chi connectivity index (χ4n) is 4.98. The summed E-state index contributed by atoms with van der Waals surface area (Å²) in [7, 11) is 0. The van der Waals surface area contributed by atoms with E-state index in [-0.39, 0.29) is 18.8 Å². The summed E-state index contributed by atoms with van der Waals surface area (Å²) < 4.78 is 25.9. The number of likely N-dealkylation sites (tertiary alicyclic amines) is 1. The van der Waals surface area contributed by atoms with E-state index in [4.69, 9.17) is 14.5 Å². The maximum atomic E-state index is 14.1. The molecule has 1 saturated heterocycles. The van der Waals surface area contributed by atoms with E-state index in [2.05, 4.69) is 17.4 Å². The first kappa shape index (κ1) is 26.5. The number of anilines is 1. The van der Waals surface area contributed by atoms with E-state index in [0.717, 1.165) is 56.6 Å². The minimum atomic E-state index is -0.987. The number of carboxylic acids is 1. The molecule has 0 bridgehead atoms. The lowest BCUT2D eigenvalue weighted by molar-refractivity contribution is -0.143. The quantitative estimate of drug-likeness (QED) is 0.408. The van der Waals surface area contributed by atoms with Crippen molar-refractivity contribution >= 4 is 11.8 Å². The van der Waals surface area contributed by atoms with Gasteiger partial charge in [0.1, 0.15) is 17.7 Å². The van der Waals surface area contributed by atoms with Crippen LogP contribution < -0.4 is 5.32 Å². The standard InChI is InChI=1S/C28H38FN3O4/c1-19(2)36-18-21-8-10-22(29)16-25(21)26(28(33)34)32-14-12-24(17-32)35-15-4-3-7-23-11-9-20-6-5-13-30-27(20)31-23/h8-11,16,19,24,26H,3-7,12-15,17-18H2,1-2H3,(H,30,31)(H,33,34). The molecule has 3 heterocycles. The van der Waals surface area contributed by atoms with Crippen molar-refractivity contribution in [3.63, 3.8) is 0 Å². The Morgan fingerprint density at radius 3 is 2.94 bits per heavy atom. The molecule has 1 aromatic heterocycles. The van der Waals surface area contributed by atoms with Gasteiger partial charge in [-0.3, -0.25) is 9.69 Å². The van der Waals surface area contributed by atoms with E-state index in [9.17, 15) is 14.3 Å². The number of rotatable bonds is 12. The van der Waals surface area contributed by atoms with Crippen LogP contribution in [-0.4, -0.2) is 59.4 Å². The molecule has 0 amide bonds. The molecule has 1 aromatic carbocycles. The molecule has 7 nitrogen and oxygen atoms in total. The molecule has 0 spiro atoms. The molecule has 1 fully saturated rings. The largest absolute Gasteiger partial charge is 0.480 e. The molecule has 4 rings (SSSR count). The third kappa shape index (κ3) is 7.02. The van der Waals surface area contributed by atoms with Crippen LogP contribution in [0, 0.1) is 5.82 Å². The summed E-state index contributed by atoms with van der Waals surface area (Å²) in [6, 6.07) is 7.69. The van der Waals surface area contributed by atoms with Crippen molar-refractivity contribution in [3.8, 4) is 0 Å². The van der Waals surface area contributed by atoms with E-state index in [1.54, 1.807) is 6.07 Å². The van der Waals surface area contributed by atoms with Gasteiger partial charge in [0.2, 0.25) is 0 Å². The number of unbranched alkanes of at least 4 members (excludes halogenated alkanes) is 1. The van der Waals surface area contributed by atoms with Crippen LogP contribution in [0.5, 0.6) is 0 Å². The number of hydrogen-bond donors (Lipinski definition) is 2. The van der Waals surface area contributed by atoms with Gasteiger partial charge in [0, 0.05) is 31.9 Å². The molecule has 8 heteroatoms. The molecule has 2 N–H and O–H groups in total. The first-order valence-corrected chi connectivity index (χ1v) is 13.1. The number of aromatic nitrogens is 1. The molecular formula is C28H38FN3O4. The third-order valence-corrected chi connectivity index (χ3v) is 6.88. The number of benzene rings is 1. The summed E-state index contributed by atoms with van der Waals surface area (Å²) in [6.45, 7) is 6.81. The molecule has 0 saturated carbocycles. The second-order valence-corrected chi connectivity index (χ2v) is 10.0. The highest BCUT2D eigenvalue weighted by atomic mass is 19.1. The molecule has 2 unspecified atom stereocenters. The summed E-state index contributed by atoms with van der Waals surface area (Å²) in [5, 5.41) is 13.4. The van der Waals surface area contributed by atoms with Crippen molar-refractivity contribution in [3.05, 3.63) is 58.5 Å². The summed E-state index contributed by atoms with van der Waals surface area (Å²) in [4.78, 5) is 18.9. The number of fused-ring (bicyclic) bond motifs is 1. The average Bonchev–Trinajstić information content (AvgIpc) is 3.31. The first-order chi connectivity index (χ1) is 17.4. The lowest BCUT2D eigenvalue weighted by Gasteiger charge is -2.26. The third-order valence-electron chi connectivity index (χ3n) is 6.88. The normalized spacial score (nSPS) is 18.7. The van der Waals surface area contributed by atoms with Crippen LogP contribution in [0.4, 0.5) is 10.2 Å². The summed E-state index contributed by atoms with van der Waals surface area (Å²) >= 11 is 0. The number of carboxylic acid groups (broad SMARTS) is 1. The fraction of sp³-hybridized carbons (Fsp3) is 0.571. The van der Waals surface area contributed by atoms with Crippen molar-refractivity contribution in [1.82, 2.24) is 9.88 Å². The van der Waals surface area contributed by atoms with Gasteiger partial charge >= 0.3 is 5.97 Å². The van der Waals surface area contributed by atoms with E-state index in [0.29, 0.717) is 30.8 Å². The minimum absolute atomic E-state index is 0.00422. The van der Waals surface area contributed by atoms with Gasteiger partial charge in [0.15, 0.2) is 0 Å². The van der Waals surface area contributed by atoms with E-state index in [1.165, 1.54) is 17.7 Å². The van der Waals surface area contributed by atoms with Gasteiger partial charge < -0.3 is 19.9 Å². The number of nitrogens with zero attached hydrogens (tertiary/aromatic N) is 2. The molecular weight excluding hydrogens is 461 g/mol. The zero-order valence-electron chi connectivity index (χ0n) is 21.3. The van der Waals surface area contributed by atoms with Crippen molar-refractivity contribution < 1.29 is 23.8 Å². The number of ether oxygens (including phenoxy) is 2. The Labute approximate surface area is 213 Å². The molecule has 0 aliphatic carbocycles. The van der Waals surface area contributed by atoms with Gasteiger partial charge in [-0.1, -0.05) is 12.1 Å². The Bertz CT molecular complexity index is 1030. The maximum absolute atomic E-state index is 14.1. The van der Waals surface area contributed by atoms with Crippen LogP contribution in [0.25, 0.3) is 0 Å². The Kier molecular flexibility index (Phi) is 9.29. The Morgan fingerprint density at radius 2 is 2.14 bits per heavy atom. The molecule has 2 atom stereocenters. The molecule has 0 radical (unpaired) electrons. The summed E-state index contributed by atoms with van der Waals surface area (Å²) in [5.74, 6) is -0.397. The number of pyridine rings is 1. The predicted octanol–water partition coefficient (Wildman–Crippen LogP) is 4.74. The number of aryl methyl sites for hydroxylation is 2. The van der Waals surface area contributed by atoms with Crippen LogP contribution >= 0.6 is 0 Å². The van der Waals surface area contributed by atoms with Crippen molar-refractivity contribution in [1.29, 1.82) is 0 Å². The maximum Gasteiger partial charge on any atom is 0.325 e. The van der Waals surface area contributed by atoms with Crippen LogP contribution in [0.2, 0.25) is 0 Å². The van der Waals surface area contributed by atoms with Gasteiger partial charge in [-0.2, -0.15) is 0 Å². The molecule has 36 heavy (non-hydrogen) atoms. The number of nitrogens with one attached hydrogen (secondary N) is 1. The zero-order valence-corrected chi connectivity index (χ0v) is 21.3. The smallest absolute Gasteiger partial charge is 0.325 e. The van der Waals surface area contributed by atoms with Crippen molar-refractivity contribution in [2.45, 2.75) is 77.2 Å². The number of aliphatic carboxylic acids is 1. The molecule has 2 aliphatic rings. The highest BCUT2D eigenvalue weighted by molar-refractivity contribution is 5.76. The lowest BCUT2D eigenvalue weighted by Crippen LogP contribution is -2.34. The van der Waals surface area contributed by atoms with Crippen LogP contribution in [0.1, 0.15) is 68.0 Å². The summed E-state index contributed by atoms with van der Waals surface area (Å²) in [5.41, 5.74) is 3.56. The van der Waals surface area contributed by atoms with Crippen molar-refractivity contribution in [2.75, 3.05) is 31.6 Å². The van der Waals surface area contributed by atoms with E-state index < -0.39 is 17.8 Å². The molecule has 196 valence electrons. The first-order valence-electron chi connectivity index (χ1n) is 13.1. The van der Waals surface area contributed by atoms with E-state index >= 15 is 0 Å². The van der Waals surface area contributed by atoms with Gasteiger partial charge in [-0.25, -0.2) is 9.37 Å². The second kappa shape index (κ2) is 12.6. The van der Waals surface area contributed by atoms with Crippen LogP contribution in [0.3, 0.4) is 0 Å². The highest BCUT2D eigenvalue weighted by Crippen LogP contribution is 2.30. The Balaban J connectivity index is 1.27. The number of carbonyl (C=O) groups is 1. The SMILES string of the molecule is CC(C)OCc1ccc(F)cc1C(C(=O)O)N1CCC(OCCCCc2ccc3c(n2)NCCC3)C1. The minimum Gasteiger partial charge on any atom is -0.480 e. The van der Waals surface area contributed by atoms with Gasteiger partial charge in [0.25, 0.3) is 0 Å². The van der Waals surface area contributed by atoms with Gasteiger partial charge in [-0.05, 0) is 87.3 Å². The topological polar surface area (TPSA) is 83.9 Å². The van der Waals surface area contributed by atoms with Gasteiger partial charge in [-0.15, -0.1) is 0 Å². The van der Waals surface area contributed by atoms with Crippen LogP contribution in [0.15, 0.2) is 30.3 Å². The summed E-state index contributed by atoms with van der Waals surface area (Å²) in [6.07, 6.45) is 5.81. The van der Waals surface area contributed by atoms with E-state index in [1.807, 2.05) is 18.7 Å². The monoisotopic (exact) mass is 499 g/mol. The van der Waals surface area contributed by atoms with Crippen LogP contribution in [-0.2, 0) is 33.7 Å². The average molecular weight is 500 g/mol. The fourth-order valence-corrected chi connectivity index (χ4v) is 4.98.